The lowest BCUT2D eigenvalue weighted by Gasteiger charge is -2.06. The van der Waals surface area contributed by atoms with Crippen LogP contribution in [0.15, 0.2) is 12.7 Å². The molecule has 0 aromatic carbocycles. The number of allylic oxidation sites excluding steroid dienone is 1. The Bertz CT molecular complexity index is 365. The van der Waals surface area contributed by atoms with E-state index in [1.165, 1.54) is 64.2 Å². The zero-order chi connectivity index (χ0) is 20.0. The van der Waals surface area contributed by atoms with Crippen molar-refractivity contribution in [1.82, 2.24) is 0 Å². The minimum absolute atomic E-state index is 0.103. The zero-order valence-electron chi connectivity index (χ0n) is 17.6. The number of esters is 2. The van der Waals surface area contributed by atoms with Gasteiger partial charge >= 0.3 is 11.9 Å². The van der Waals surface area contributed by atoms with Gasteiger partial charge < -0.3 is 9.47 Å². The molecule has 0 saturated carbocycles. The number of carbonyl (C=O) groups excluding carboxylic acids is 2. The molecule has 0 bridgehead atoms. The average Bonchev–Trinajstić information content (AvgIpc) is 2.67. The van der Waals surface area contributed by atoms with Crippen LogP contribution in [0.1, 0.15) is 110 Å². The van der Waals surface area contributed by atoms with Crippen molar-refractivity contribution >= 4 is 11.9 Å². The predicted octanol–water partition coefficient (Wildman–Crippen LogP) is 6.52. The Hall–Kier alpha value is -1.32. The first-order valence-electron chi connectivity index (χ1n) is 11.1. The third kappa shape index (κ3) is 20.8. The first-order chi connectivity index (χ1) is 13.2. The summed E-state index contributed by atoms with van der Waals surface area (Å²) in [5.41, 5.74) is 0. The number of ether oxygens (including phenoxy) is 2. The van der Waals surface area contributed by atoms with E-state index in [-0.39, 0.29) is 24.8 Å². The van der Waals surface area contributed by atoms with Gasteiger partial charge in [0.05, 0.1) is 26.1 Å². The van der Waals surface area contributed by atoms with Gasteiger partial charge in [-0.1, -0.05) is 83.6 Å². The molecule has 158 valence electrons. The molecule has 0 aromatic rings. The van der Waals surface area contributed by atoms with E-state index in [9.17, 15) is 9.59 Å². The highest BCUT2D eigenvalue weighted by molar-refractivity contribution is 5.77. The first-order valence-corrected chi connectivity index (χ1v) is 11.1. The molecule has 0 aliphatic rings. The molecule has 0 aliphatic heterocycles. The van der Waals surface area contributed by atoms with Gasteiger partial charge in [0.2, 0.25) is 0 Å². The predicted molar refractivity (Wildman–Crippen MR) is 112 cm³/mol. The topological polar surface area (TPSA) is 52.6 Å². The molecule has 4 heteroatoms. The van der Waals surface area contributed by atoms with Crippen molar-refractivity contribution in [2.45, 2.75) is 110 Å². The smallest absolute Gasteiger partial charge is 0.306 e. The lowest BCUT2D eigenvalue weighted by Crippen LogP contribution is -2.11. The van der Waals surface area contributed by atoms with E-state index in [0.717, 1.165) is 25.7 Å². The summed E-state index contributed by atoms with van der Waals surface area (Å²) in [4.78, 5) is 23.0. The van der Waals surface area contributed by atoms with Crippen molar-refractivity contribution in [1.29, 1.82) is 0 Å². The highest BCUT2D eigenvalue weighted by Crippen LogP contribution is 2.12. The van der Waals surface area contributed by atoms with Gasteiger partial charge in [-0.15, -0.1) is 6.58 Å². The molecule has 0 heterocycles. The summed E-state index contributed by atoms with van der Waals surface area (Å²) in [5.74, 6) is -0.637. The lowest BCUT2D eigenvalue weighted by atomic mass is 10.1. The fourth-order valence-corrected chi connectivity index (χ4v) is 2.89. The van der Waals surface area contributed by atoms with E-state index >= 15 is 0 Å². The van der Waals surface area contributed by atoms with Gasteiger partial charge in [0.25, 0.3) is 0 Å². The molecule has 0 unspecified atom stereocenters. The van der Waals surface area contributed by atoms with Crippen LogP contribution in [0.4, 0.5) is 0 Å². The van der Waals surface area contributed by atoms with E-state index in [1.54, 1.807) is 6.08 Å². The highest BCUT2D eigenvalue weighted by atomic mass is 16.5. The molecule has 0 amide bonds. The third-order valence-electron chi connectivity index (χ3n) is 4.61. The molecule has 0 rings (SSSR count). The van der Waals surface area contributed by atoms with Crippen LogP contribution >= 0.6 is 0 Å². The van der Waals surface area contributed by atoms with E-state index < -0.39 is 0 Å². The fourth-order valence-electron chi connectivity index (χ4n) is 2.89. The molecule has 0 fully saturated rings. The number of hydrogen-bond donors (Lipinski definition) is 0. The second-order valence-electron chi connectivity index (χ2n) is 7.26. The van der Waals surface area contributed by atoms with Crippen molar-refractivity contribution in [3.8, 4) is 0 Å². The molecule has 0 aromatic heterocycles. The Kier molecular flexibility index (Phi) is 20.0. The van der Waals surface area contributed by atoms with Gasteiger partial charge in [-0.2, -0.15) is 0 Å². The SMILES string of the molecule is C=CCCCOC(=O)CCC(=O)OCCCCCCCCCCCCCC. The summed E-state index contributed by atoms with van der Waals surface area (Å²) in [6.07, 6.45) is 19.0. The molecular formula is C23H42O4. The Balaban J connectivity index is 3.27. The Morgan fingerprint density at radius 3 is 1.52 bits per heavy atom. The standard InChI is InChI=1S/C23H42O4/c1-3-5-7-8-9-10-11-12-13-14-15-17-21-27-23(25)19-18-22(24)26-20-16-6-4-2/h4H,2-3,5-21H2,1H3. The largest absolute Gasteiger partial charge is 0.466 e. The van der Waals surface area contributed by atoms with E-state index in [2.05, 4.69) is 13.5 Å². The molecule has 0 aliphatic carbocycles. The van der Waals surface area contributed by atoms with Gasteiger partial charge in [-0.05, 0) is 19.3 Å². The van der Waals surface area contributed by atoms with Crippen LogP contribution in [0, 0.1) is 0 Å². The van der Waals surface area contributed by atoms with Crippen molar-refractivity contribution in [2.24, 2.45) is 0 Å². The van der Waals surface area contributed by atoms with Gasteiger partial charge in [0.1, 0.15) is 0 Å². The summed E-state index contributed by atoms with van der Waals surface area (Å²) in [7, 11) is 0. The third-order valence-corrected chi connectivity index (χ3v) is 4.61. The summed E-state index contributed by atoms with van der Waals surface area (Å²) >= 11 is 0. The van der Waals surface area contributed by atoms with Crippen molar-refractivity contribution in [3.63, 3.8) is 0 Å². The number of unbranched alkanes of at least 4 members (excludes halogenated alkanes) is 12. The number of carbonyl (C=O) groups is 2. The fraction of sp³-hybridized carbons (Fsp3) is 0.826. The van der Waals surface area contributed by atoms with Crippen LogP contribution in [0.3, 0.4) is 0 Å². The second-order valence-corrected chi connectivity index (χ2v) is 7.26. The molecule has 0 spiro atoms. The zero-order valence-corrected chi connectivity index (χ0v) is 17.6. The molecule has 27 heavy (non-hydrogen) atoms. The molecule has 0 radical (unpaired) electrons. The first kappa shape index (κ1) is 25.7. The van der Waals surface area contributed by atoms with Crippen molar-refractivity contribution in [2.75, 3.05) is 13.2 Å². The number of rotatable bonds is 20. The van der Waals surface area contributed by atoms with Gasteiger partial charge in [0, 0.05) is 0 Å². The normalized spacial score (nSPS) is 10.6. The van der Waals surface area contributed by atoms with Crippen LogP contribution in [-0.2, 0) is 19.1 Å². The van der Waals surface area contributed by atoms with E-state index in [4.69, 9.17) is 9.47 Å². The molecule has 4 nitrogen and oxygen atoms in total. The van der Waals surface area contributed by atoms with Crippen LogP contribution < -0.4 is 0 Å². The van der Waals surface area contributed by atoms with Gasteiger partial charge in [-0.25, -0.2) is 0 Å². The quantitative estimate of drug-likeness (QED) is 0.137. The van der Waals surface area contributed by atoms with Crippen LogP contribution in [0.2, 0.25) is 0 Å². The summed E-state index contributed by atoms with van der Waals surface area (Å²) in [6.45, 7) is 6.72. The summed E-state index contributed by atoms with van der Waals surface area (Å²) in [5, 5.41) is 0. The van der Waals surface area contributed by atoms with Crippen molar-refractivity contribution < 1.29 is 19.1 Å². The Morgan fingerprint density at radius 1 is 0.667 bits per heavy atom. The minimum atomic E-state index is -0.332. The maximum Gasteiger partial charge on any atom is 0.306 e. The summed E-state index contributed by atoms with van der Waals surface area (Å²) in [6, 6.07) is 0. The maximum atomic E-state index is 11.6. The molecule has 0 atom stereocenters. The second kappa shape index (κ2) is 21.0. The number of hydrogen-bond acceptors (Lipinski definition) is 4. The maximum absolute atomic E-state index is 11.6. The highest BCUT2D eigenvalue weighted by Gasteiger charge is 2.08. The van der Waals surface area contributed by atoms with Crippen molar-refractivity contribution in [3.05, 3.63) is 12.7 Å². The molecule has 0 saturated heterocycles. The van der Waals surface area contributed by atoms with Crippen LogP contribution in [0.25, 0.3) is 0 Å². The molecule has 0 N–H and O–H groups in total. The van der Waals surface area contributed by atoms with Crippen LogP contribution in [-0.4, -0.2) is 25.2 Å². The van der Waals surface area contributed by atoms with E-state index in [1.807, 2.05) is 0 Å². The minimum Gasteiger partial charge on any atom is -0.466 e. The van der Waals surface area contributed by atoms with Crippen LogP contribution in [0.5, 0.6) is 0 Å². The monoisotopic (exact) mass is 382 g/mol. The Morgan fingerprint density at radius 2 is 1.07 bits per heavy atom. The van der Waals surface area contributed by atoms with Gasteiger partial charge in [-0.3, -0.25) is 9.59 Å². The molecular weight excluding hydrogens is 340 g/mol. The summed E-state index contributed by atoms with van der Waals surface area (Å²) < 4.78 is 10.2. The average molecular weight is 383 g/mol. The Labute approximate surface area is 167 Å². The van der Waals surface area contributed by atoms with E-state index in [0.29, 0.717) is 13.2 Å². The van der Waals surface area contributed by atoms with Gasteiger partial charge in [0.15, 0.2) is 0 Å². The lowest BCUT2D eigenvalue weighted by molar-refractivity contribution is -0.150.